The van der Waals surface area contributed by atoms with Crippen LogP contribution in [0.2, 0.25) is 0 Å². The van der Waals surface area contributed by atoms with E-state index in [9.17, 15) is 8.42 Å². The molecule has 0 radical (unpaired) electrons. The van der Waals surface area contributed by atoms with Gasteiger partial charge >= 0.3 is 0 Å². The Morgan fingerprint density at radius 3 is 2.75 bits per heavy atom. The molecule has 0 spiro atoms. The Morgan fingerprint density at radius 1 is 1.31 bits per heavy atom. The van der Waals surface area contributed by atoms with Crippen LogP contribution in [-0.2, 0) is 23.0 Å². The van der Waals surface area contributed by atoms with Crippen LogP contribution < -0.4 is 0 Å². The van der Waals surface area contributed by atoms with Crippen LogP contribution in [0.4, 0.5) is 0 Å². The maximum atomic E-state index is 11.8. The van der Waals surface area contributed by atoms with E-state index in [2.05, 4.69) is 13.0 Å². The molecule has 0 fully saturated rings. The molecule has 1 aromatic carbocycles. The Bertz CT molecular complexity index is 494. The van der Waals surface area contributed by atoms with Gasteiger partial charge in [-0.05, 0) is 31.4 Å². The van der Waals surface area contributed by atoms with Crippen molar-refractivity contribution in [3.63, 3.8) is 0 Å². The van der Waals surface area contributed by atoms with Crippen molar-refractivity contribution in [3.8, 4) is 0 Å². The molecule has 0 saturated heterocycles. The molecule has 1 heterocycles. The Morgan fingerprint density at radius 2 is 2.06 bits per heavy atom. The average molecular weight is 239 g/mol. The monoisotopic (exact) mass is 239 g/mol. The molecule has 0 N–H and O–H groups in total. The van der Waals surface area contributed by atoms with Crippen LogP contribution in [0.1, 0.15) is 23.6 Å². The fraction of sp³-hybridized carbons (Fsp3) is 0.500. The second-order valence-electron chi connectivity index (χ2n) is 4.26. The summed E-state index contributed by atoms with van der Waals surface area (Å²) in [4.78, 5) is 0. The maximum Gasteiger partial charge on any atom is 0.214 e. The fourth-order valence-corrected chi connectivity index (χ4v) is 3.15. The summed E-state index contributed by atoms with van der Waals surface area (Å²) in [5, 5.41) is 0. The molecule has 4 heteroatoms. The van der Waals surface area contributed by atoms with Crippen LogP contribution >= 0.6 is 0 Å². The lowest BCUT2D eigenvalue weighted by Crippen LogP contribution is -2.36. The van der Waals surface area contributed by atoms with E-state index in [0.29, 0.717) is 13.1 Å². The van der Waals surface area contributed by atoms with Crippen LogP contribution in [0.15, 0.2) is 18.2 Å². The summed E-state index contributed by atoms with van der Waals surface area (Å²) in [6.07, 6.45) is 0.830. The second kappa shape index (κ2) is 4.18. The minimum atomic E-state index is -3.04. The van der Waals surface area contributed by atoms with Crippen LogP contribution in [0.5, 0.6) is 0 Å². The lowest BCUT2D eigenvalue weighted by atomic mass is 9.99. The second-order valence-corrected chi connectivity index (χ2v) is 6.51. The number of hydrogen-bond acceptors (Lipinski definition) is 2. The first-order valence-electron chi connectivity index (χ1n) is 5.59. The highest BCUT2D eigenvalue weighted by molar-refractivity contribution is 7.89. The van der Waals surface area contributed by atoms with Crippen molar-refractivity contribution in [3.05, 3.63) is 34.9 Å². The first-order valence-corrected chi connectivity index (χ1v) is 7.20. The number of rotatable bonds is 2. The molecule has 1 aliphatic heterocycles. The van der Waals surface area contributed by atoms with Crippen LogP contribution in [0.3, 0.4) is 0 Å². The van der Waals surface area contributed by atoms with Gasteiger partial charge in [0.05, 0.1) is 5.75 Å². The Labute approximate surface area is 97.1 Å². The average Bonchev–Trinajstić information content (AvgIpc) is 2.28. The van der Waals surface area contributed by atoms with Crippen LogP contribution in [0.25, 0.3) is 0 Å². The minimum absolute atomic E-state index is 0.189. The van der Waals surface area contributed by atoms with Gasteiger partial charge in [-0.3, -0.25) is 0 Å². The summed E-state index contributed by atoms with van der Waals surface area (Å²) in [5.41, 5.74) is 3.68. The lowest BCUT2D eigenvalue weighted by molar-refractivity contribution is 0.392. The molecule has 88 valence electrons. The highest BCUT2D eigenvalue weighted by Crippen LogP contribution is 2.22. The summed E-state index contributed by atoms with van der Waals surface area (Å²) in [6, 6.07) is 6.24. The standard InChI is InChI=1S/C12H17NO2S/c1-3-16(14,15)13-7-6-11-8-10(2)4-5-12(11)9-13/h4-5,8H,3,6-7,9H2,1-2H3. The quantitative estimate of drug-likeness (QED) is 0.788. The zero-order chi connectivity index (χ0) is 11.8. The SMILES string of the molecule is CCS(=O)(=O)N1CCc2cc(C)ccc2C1. The summed E-state index contributed by atoms with van der Waals surface area (Å²) in [6.45, 7) is 4.91. The molecule has 0 saturated carbocycles. The van der Waals surface area contributed by atoms with Crippen molar-refractivity contribution >= 4 is 10.0 Å². The Kier molecular flexibility index (Phi) is 3.04. The van der Waals surface area contributed by atoms with E-state index < -0.39 is 10.0 Å². The van der Waals surface area contributed by atoms with E-state index >= 15 is 0 Å². The lowest BCUT2D eigenvalue weighted by Gasteiger charge is -2.27. The summed E-state index contributed by atoms with van der Waals surface area (Å²) < 4.78 is 25.1. The molecular weight excluding hydrogens is 222 g/mol. The minimum Gasteiger partial charge on any atom is -0.212 e. The van der Waals surface area contributed by atoms with Crippen molar-refractivity contribution in [2.24, 2.45) is 0 Å². The number of sulfonamides is 1. The van der Waals surface area contributed by atoms with Crippen molar-refractivity contribution < 1.29 is 8.42 Å². The number of fused-ring (bicyclic) bond motifs is 1. The van der Waals surface area contributed by atoms with E-state index in [-0.39, 0.29) is 5.75 Å². The van der Waals surface area contributed by atoms with Crippen LogP contribution in [-0.4, -0.2) is 25.0 Å². The van der Waals surface area contributed by atoms with Gasteiger partial charge in [-0.1, -0.05) is 23.8 Å². The highest BCUT2D eigenvalue weighted by Gasteiger charge is 2.24. The molecule has 0 aliphatic carbocycles. The molecular formula is C12H17NO2S. The molecule has 0 bridgehead atoms. The summed E-state index contributed by atoms with van der Waals surface area (Å²) >= 11 is 0. The molecule has 1 aliphatic rings. The fourth-order valence-electron chi connectivity index (χ4n) is 2.08. The largest absolute Gasteiger partial charge is 0.214 e. The zero-order valence-electron chi connectivity index (χ0n) is 9.73. The third-order valence-electron chi connectivity index (χ3n) is 3.10. The van der Waals surface area contributed by atoms with E-state index in [0.717, 1.165) is 12.0 Å². The van der Waals surface area contributed by atoms with E-state index in [1.54, 1.807) is 11.2 Å². The smallest absolute Gasteiger partial charge is 0.212 e. The topological polar surface area (TPSA) is 37.4 Å². The molecule has 1 aromatic rings. The van der Waals surface area contributed by atoms with Gasteiger partial charge in [-0.15, -0.1) is 0 Å². The Hall–Kier alpha value is -0.870. The highest BCUT2D eigenvalue weighted by atomic mass is 32.2. The first-order chi connectivity index (χ1) is 7.53. The molecule has 0 aromatic heterocycles. The van der Waals surface area contributed by atoms with Gasteiger partial charge in [-0.25, -0.2) is 8.42 Å². The predicted octanol–water partition coefficient (Wildman–Crippen LogP) is 1.70. The van der Waals surface area contributed by atoms with Crippen molar-refractivity contribution in [1.82, 2.24) is 4.31 Å². The number of aryl methyl sites for hydroxylation is 1. The van der Waals surface area contributed by atoms with Crippen molar-refractivity contribution in [1.29, 1.82) is 0 Å². The van der Waals surface area contributed by atoms with Gasteiger partial charge < -0.3 is 0 Å². The number of hydrogen-bond donors (Lipinski definition) is 0. The third kappa shape index (κ3) is 2.13. The molecule has 16 heavy (non-hydrogen) atoms. The van der Waals surface area contributed by atoms with Crippen molar-refractivity contribution in [2.45, 2.75) is 26.8 Å². The van der Waals surface area contributed by atoms with Crippen molar-refractivity contribution in [2.75, 3.05) is 12.3 Å². The summed E-state index contributed by atoms with van der Waals surface area (Å²) in [5.74, 6) is 0.189. The van der Waals surface area contributed by atoms with Crippen LogP contribution in [0, 0.1) is 6.92 Å². The van der Waals surface area contributed by atoms with E-state index in [1.165, 1.54) is 11.1 Å². The number of benzene rings is 1. The molecule has 0 atom stereocenters. The first kappa shape index (κ1) is 11.6. The molecule has 0 amide bonds. The molecule has 2 rings (SSSR count). The summed E-state index contributed by atoms with van der Waals surface area (Å²) in [7, 11) is -3.04. The van der Waals surface area contributed by atoms with Gasteiger partial charge in [0, 0.05) is 13.1 Å². The van der Waals surface area contributed by atoms with Gasteiger partial charge in [0.15, 0.2) is 0 Å². The van der Waals surface area contributed by atoms with Gasteiger partial charge in [0.1, 0.15) is 0 Å². The molecule has 0 unspecified atom stereocenters. The Balaban J connectivity index is 2.28. The van der Waals surface area contributed by atoms with Gasteiger partial charge in [0.25, 0.3) is 0 Å². The van der Waals surface area contributed by atoms with Gasteiger partial charge in [-0.2, -0.15) is 4.31 Å². The predicted molar refractivity (Wildman–Crippen MR) is 64.8 cm³/mol. The van der Waals surface area contributed by atoms with E-state index in [4.69, 9.17) is 0 Å². The zero-order valence-corrected chi connectivity index (χ0v) is 10.5. The molecule has 3 nitrogen and oxygen atoms in total. The number of nitrogens with zero attached hydrogens (tertiary/aromatic N) is 1. The van der Waals surface area contributed by atoms with E-state index in [1.807, 2.05) is 12.1 Å². The third-order valence-corrected chi connectivity index (χ3v) is 4.93. The van der Waals surface area contributed by atoms with Gasteiger partial charge in [0.2, 0.25) is 10.0 Å². The maximum absolute atomic E-state index is 11.8. The normalized spacial score (nSPS) is 17.1.